The van der Waals surface area contributed by atoms with Gasteiger partial charge in [0.15, 0.2) is 0 Å². The number of fused-ring (bicyclic) bond motifs is 7. The number of para-hydroxylation sites is 1. The zero-order chi connectivity index (χ0) is 33.5. The fourth-order valence-corrected chi connectivity index (χ4v) is 8.49. The van der Waals surface area contributed by atoms with Crippen molar-refractivity contribution in [2.24, 2.45) is 0 Å². The molecule has 0 aliphatic carbocycles. The van der Waals surface area contributed by atoms with Crippen LogP contribution in [0.4, 0.5) is 0 Å². The van der Waals surface area contributed by atoms with Crippen LogP contribution in [0, 0.1) is 0 Å². The minimum Gasteiger partial charge on any atom is -0.458 e. The molecule has 2 nitrogen and oxygen atoms in total. The summed E-state index contributed by atoms with van der Waals surface area (Å²) >= 11 is 0. The summed E-state index contributed by atoms with van der Waals surface area (Å²) in [6.45, 7) is 0.0658. The predicted octanol–water partition coefficient (Wildman–Crippen LogP) is 10.9. The van der Waals surface area contributed by atoms with E-state index >= 15 is 0 Å². The lowest BCUT2D eigenvalue weighted by Crippen LogP contribution is -2.57. The van der Waals surface area contributed by atoms with Crippen molar-refractivity contribution in [2.45, 2.75) is 0 Å². The second kappa shape index (κ2) is 11.0. The molecule has 2 aliphatic rings. The summed E-state index contributed by atoms with van der Waals surface area (Å²) in [5.74, 6) is 3.53. The molecular formula is C48H29BO2. The lowest BCUT2D eigenvalue weighted by Gasteiger charge is -2.32. The van der Waals surface area contributed by atoms with Gasteiger partial charge in [0.25, 0.3) is 6.71 Å². The van der Waals surface area contributed by atoms with E-state index in [4.69, 9.17) is 9.47 Å². The smallest absolute Gasteiger partial charge is 0.260 e. The van der Waals surface area contributed by atoms with Gasteiger partial charge in [0, 0.05) is 5.46 Å². The van der Waals surface area contributed by atoms with Crippen molar-refractivity contribution in [3.63, 3.8) is 0 Å². The molecule has 0 amide bonds. The third-order valence-electron chi connectivity index (χ3n) is 10.8. The highest BCUT2D eigenvalue weighted by Gasteiger charge is 2.39. The molecule has 9 aromatic carbocycles. The number of hydrogen-bond donors (Lipinski definition) is 0. The number of benzene rings is 9. The van der Waals surface area contributed by atoms with Crippen LogP contribution in [0.1, 0.15) is 0 Å². The molecule has 0 spiro atoms. The molecule has 9 aromatic rings. The molecule has 0 N–H and O–H groups in total. The number of rotatable bonds is 3. The maximum atomic E-state index is 6.61. The monoisotopic (exact) mass is 648 g/mol. The van der Waals surface area contributed by atoms with Crippen molar-refractivity contribution in [3.05, 3.63) is 176 Å². The Morgan fingerprint density at radius 3 is 1.55 bits per heavy atom. The Morgan fingerprint density at radius 2 is 0.824 bits per heavy atom. The minimum atomic E-state index is 0.0658. The van der Waals surface area contributed by atoms with Gasteiger partial charge in [-0.3, -0.25) is 0 Å². The van der Waals surface area contributed by atoms with Gasteiger partial charge in [-0.05, 0) is 113 Å². The van der Waals surface area contributed by atoms with E-state index in [0.29, 0.717) is 0 Å². The zero-order valence-electron chi connectivity index (χ0n) is 27.6. The van der Waals surface area contributed by atoms with Gasteiger partial charge < -0.3 is 9.47 Å². The summed E-state index contributed by atoms with van der Waals surface area (Å²) in [7, 11) is 0. The van der Waals surface area contributed by atoms with E-state index in [1.807, 2.05) is 18.2 Å². The summed E-state index contributed by atoms with van der Waals surface area (Å²) in [5.41, 5.74) is 10.7. The van der Waals surface area contributed by atoms with Gasteiger partial charge in [-0.25, -0.2) is 0 Å². The van der Waals surface area contributed by atoms with Crippen LogP contribution in [0.2, 0.25) is 0 Å². The molecule has 0 unspecified atom stereocenters. The van der Waals surface area contributed by atoms with Crippen molar-refractivity contribution in [3.8, 4) is 56.4 Å². The first-order chi connectivity index (χ1) is 25.3. The molecule has 2 heterocycles. The quantitative estimate of drug-likeness (QED) is 0.140. The van der Waals surface area contributed by atoms with E-state index in [-0.39, 0.29) is 6.71 Å². The van der Waals surface area contributed by atoms with Crippen molar-refractivity contribution in [1.82, 2.24) is 0 Å². The minimum absolute atomic E-state index is 0.0658. The summed E-state index contributed by atoms with van der Waals surface area (Å²) in [5, 5.41) is 7.47. The Bertz CT molecular complexity index is 2820. The maximum Gasteiger partial charge on any atom is 0.260 e. The summed E-state index contributed by atoms with van der Waals surface area (Å²) in [6, 6.07) is 63.3. The van der Waals surface area contributed by atoms with Gasteiger partial charge in [0.1, 0.15) is 23.0 Å². The van der Waals surface area contributed by atoms with Crippen LogP contribution in [0.5, 0.6) is 23.0 Å². The van der Waals surface area contributed by atoms with E-state index in [1.54, 1.807) is 0 Å². The van der Waals surface area contributed by atoms with E-state index in [9.17, 15) is 0 Å². The molecule has 0 fully saturated rings. The molecule has 0 saturated carbocycles. The van der Waals surface area contributed by atoms with Crippen molar-refractivity contribution in [1.29, 1.82) is 0 Å². The molecule has 0 saturated heterocycles. The average Bonchev–Trinajstić information content (AvgIpc) is 3.19. The average molecular weight is 649 g/mol. The second-order valence-corrected chi connectivity index (χ2v) is 13.6. The Kier molecular flexibility index (Phi) is 6.08. The van der Waals surface area contributed by atoms with Crippen LogP contribution in [0.15, 0.2) is 176 Å². The molecule has 3 heteroatoms. The first kappa shape index (κ1) is 28.3. The largest absolute Gasteiger partial charge is 0.458 e. The third-order valence-corrected chi connectivity index (χ3v) is 10.8. The second-order valence-electron chi connectivity index (χ2n) is 13.6. The van der Waals surface area contributed by atoms with Gasteiger partial charge >= 0.3 is 0 Å². The van der Waals surface area contributed by atoms with E-state index in [0.717, 1.165) is 45.1 Å². The Labute approximate surface area is 296 Å². The topological polar surface area (TPSA) is 18.5 Å². The highest BCUT2D eigenvalue weighted by atomic mass is 16.5. The molecule has 0 atom stereocenters. The number of ether oxygens (including phenoxy) is 2. The first-order valence-electron chi connectivity index (χ1n) is 17.5. The van der Waals surface area contributed by atoms with Crippen LogP contribution in [0.25, 0.3) is 65.7 Å². The van der Waals surface area contributed by atoms with Crippen LogP contribution in [0.3, 0.4) is 0 Å². The van der Waals surface area contributed by atoms with Gasteiger partial charge in [-0.1, -0.05) is 140 Å². The molecule has 0 bridgehead atoms. The maximum absolute atomic E-state index is 6.61. The lowest BCUT2D eigenvalue weighted by atomic mass is 9.35. The first-order valence-corrected chi connectivity index (χ1v) is 17.5. The van der Waals surface area contributed by atoms with E-state index in [1.165, 1.54) is 60.0 Å². The Morgan fingerprint density at radius 1 is 0.314 bits per heavy atom. The molecule has 0 aromatic heterocycles. The number of hydrogen-bond acceptors (Lipinski definition) is 2. The summed E-state index contributed by atoms with van der Waals surface area (Å²) in [4.78, 5) is 0. The fourth-order valence-electron chi connectivity index (χ4n) is 8.49. The molecule has 2 aliphatic heterocycles. The lowest BCUT2D eigenvalue weighted by molar-refractivity contribution is 0.464. The van der Waals surface area contributed by atoms with Gasteiger partial charge in [0.05, 0.1) is 0 Å². The molecule has 51 heavy (non-hydrogen) atoms. The predicted molar refractivity (Wildman–Crippen MR) is 213 cm³/mol. The standard InChI is InChI=1S/C48H29BO2/c1-2-11-31(12-3-1)46-36-13-4-6-15-38(36)47(39-16-7-5-14-37(39)46)34-24-22-30-21-23-32(27-35(30)28-34)33-25-26-41-45(29-33)51-44-20-10-19-43-48(44)49(41)40-17-8-9-18-42(40)50-43/h1-29H. The van der Waals surface area contributed by atoms with Crippen molar-refractivity contribution in [2.75, 3.05) is 0 Å². The van der Waals surface area contributed by atoms with E-state index < -0.39 is 0 Å². The summed E-state index contributed by atoms with van der Waals surface area (Å²) in [6.07, 6.45) is 0. The van der Waals surface area contributed by atoms with Gasteiger partial charge in [-0.2, -0.15) is 0 Å². The Hall–Kier alpha value is -6.58. The third kappa shape index (κ3) is 4.31. The van der Waals surface area contributed by atoms with Gasteiger partial charge in [-0.15, -0.1) is 0 Å². The normalized spacial score (nSPS) is 12.6. The zero-order valence-corrected chi connectivity index (χ0v) is 27.6. The molecule has 0 radical (unpaired) electrons. The fraction of sp³-hybridized carbons (Fsp3) is 0. The van der Waals surface area contributed by atoms with Crippen molar-refractivity contribution >= 4 is 55.4 Å². The van der Waals surface area contributed by atoms with Crippen LogP contribution in [-0.2, 0) is 0 Å². The SMILES string of the molecule is c1ccc(-c2c3ccccc3c(-c3ccc4ccc(-c5ccc6c(c5)Oc5cccc7c5B6c5ccccc5O7)cc4c3)c3ccccc23)cc1. The molecule has 236 valence electrons. The van der Waals surface area contributed by atoms with Crippen LogP contribution >= 0.6 is 0 Å². The highest BCUT2D eigenvalue weighted by Crippen LogP contribution is 2.44. The van der Waals surface area contributed by atoms with Crippen LogP contribution in [-0.4, -0.2) is 6.71 Å². The van der Waals surface area contributed by atoms with Crippen LogP contribution < -0.4 is 25.9 Å². The Balaban J connectivity index is 1.05. The van der Waals surface area contributed by atoms with Gasteiger partial charge in [0.2, 0.25) is 0 Å². The molecule has 11 rings (SSSR count). The van der Waals surface area contributed by atoms with E-state index in [2.05, 4.69) is 158 Å². The summed E-state index contributed by atoms with van der Waals surface area (Å²) < 4.78 is 12.9. The van der Waals surface area contributed by atoms with Crippen molar-refractivity contribution < 1.29 is 9.47 Å². The molecular weight excluding hydrogens is 619 g/mol. The highest BCUT2D eigenvalue weighted by molar-refractivity contribution is 6.98.